The highest BCUT2D eigenvalue weighted by atomic mass is 14.7. The maximum atomic E-state index is 4.08. The van der Waals surface area contributed by atoms with E-state index in [4.69, 9.17) is 0 Å². The Balaban J connectivity index is 2.51. The molecule has 0 aromatic carbocycles. The van der Waals surface area contributed by atoms with Crippen molar-refractivity contribution in [3.8, 4) is 6.07 Å². The first-order chi connectivity index (χ1) is 3.93. The normalized spacial score (nSPS) is 25.8. The predicted molar refractivity (Wildman–Crippen MR) is 35.1 cm³/mol. The highest BCUT2D eigenvalue weighted by Gasteiger charge is 2.14. The molecule has 0 radical (unpaired) electrons. The van der Waals surface area contributed by atoms with Gasteiger partial charge in [-0.05, 0) is 12.5 Å². The molecule has 1 heterocycles. The summed E-state index contributed by atoms with van der Waals surface area (Å²) in [4.78, 5) is 4.08. The van der Waals surface area contributed by atoms with Gasteiger partial charge in [-0.25, -0.2) is 0 Å². The fraction of sp³-hybridized carbons (Fsp3) is 0.571. The quantitative estimate of drug-likeness (QED) is 0.453. The van der Waals surface area contributed by atoms with Crippen LogP contribution in [0.1, 0.15) is 19.3 Å². The molecule has 0 aromatic rings. The van der Waals surface area contributed by atoms with E-state index in [1.807, 2.05) is 6.08 Å². The van der Waals surface area contributed by atoms with Gasteiger partial charge in [-0.3, -0.25) is 0 Å². The van der Waals surface area contributed by atoms with E-state index in [-0.39, 0.29) is 0 Å². The molecule has 1 unspecified atom stereocenters. The smallest absolute Gasteiger partial charge is 0.0953 e. The Morgan fingerprint density at radius 3 is 3.00 bits per heavy atom. The number of hydrogen-bond acceptors (Lipinski definition) is 0. The number of hydrogen-bond donors (Lipinski definition) is 0. The van der Waals surface area contributed by atoms with E-state index in [9.17, 15) is 0 Å². The molecule has 0 amide bonds. The summed E-state index contributed by atoms with van der Waals surface area (Å²) in [6.07, 6.45) is 5.30. The third-order valence-corrected chi connectivity index (χ3v) is 1.32. The van der Waals surface area contributed by atoms with Gasteiger partial charge < -0.3 is 0 Å². The lowest BCUT2D eigenvalue weighted by molar-refractivity contribution is 0.715. The van der Waals surface area contributed by atoms with Gasteiger partial charge in [0.15, 0.2) is 0 Å². The highest BCUT2D eigenvalue weighted by Crippen LogP contribution is 2.09. The molecular weight excluding hydrogens is 98.1 g/mol. The van der Waals surface area contributed by atoms with Gasteiger partial charge in [-0.2, -0.15) is 0 Å². The summed E-state index contributed by atoms with van der Waals surface area (Å²) in [5.41, 5.74) is 0. The fourth-order valence-corrected chi connectivity index (χ4v) is 0.807. The van der Waals surface area contributed by atoms with Crippen LogP contribution in [-0.4, -0.2) is 6.04 Å². The van der Waals surface area contributed by atoms with Crippen molar-refractivity contribution < 1.29 is 0 Å². The van der Waals surface area contributed by atoms with Crippen LogP contribution in [0.15, 0.2) is 12.7 Å². The van der Waals surface area contributed by atoms with Crippen molar-refractivity contribution in [3.05, 3.63) is 17.5 Å². The van der Waals surface area contributed by atoms with Gasteiger partial charge in [0, 0.05) is 6.42 Å². The third kappa shape index (κ3) is 1.10. The Labute approximate surface area is 49.8 Å². The molecule has 8 heavy (non-hydrogen) atoms. The molecule has 1 aliphatic rings. The number of nitrogens with zero attached hydrogens (tertiary/aromatic N) is 1. The Bertz CT molecular complexity index is 138. The number of rotatable bonds is 1. The van der Waals surface area contributed by atoms with Gasteiger partial charge in [0.05, 0.1) is 6.42 Å². The molecule has 1 heteroatoms. The van der Waals surface area contributed by atoms with Crippen LogP contribution in [0.3, 0.4) is 0 Å². The molecule has 0 fully saturated rings. The second-order valence-electron chi connectivity index (χ2n) is 1.98. The summed E-state index contributed by atoms with van der Waals surface area (Å²) in [7, 11) is 0. The van der Waals surface area contributed by atoms with E-state index in [2.05, 4.69) is 17.5 Å². The van der Waals surface area contributed by atoms with Gasteiger partial charge in [0.25, 0.3) is 12.1 Å². The SMILES string of the molecule is C=CC1CCCC#[N+]1. The van der Waals surface area contributed by atoms with Crippen LogP contribution in [0, 0.1) is 6.07 Å². The van der Waals surface area contributed by atoms with Crippen molar-refractivity contribution in [2.45, 2.75) is 25.3 Å². The topological polar surface area (TPSA) is 4.36 Å². The van der Waals surface area contributed by atoms with Crippen LogP contribution in [-0.2, 0) is 0 Å². The maximum absolute atomic E-state index is 4.08. The van der Waals surface area contributed by atoms with Gasteiger partial charge in [0.1, 0.15) is 0 Å². The standard InChI is InChI=1S/C7H10N/c1-2-7-5-3-4-6-8-7/h2,7H,1,3-5H2/q+1. The van der Waals surface area contributed by atoms with Crippen molar-refractivity contribution in [2.24, 2.45) is 0 Å². The van der Waals surface area contributed by atoms with Crippen molar-refractivity contribution in [1.82, 2.24) is 0 Å². The summed E-state index contributed by atoms with van der Waals surface area (Å²) in [6, 6.07) is 3.30. The first kappa shape index (κ1) is 5.37. The maximum Gasteiger partial charge on any atom is 0.290 e. The lowest BCUT2D eigenvalue weighted by Gasteiger charge is -1.93. The molecule has 0 spiro atoms. The van der Waals surface area contributed by atoms with Crippen LogP contribution >= 0.6 is 0 Å². The minimum absolute atomic E-state index is 0.365. The van der Waals surface area contributed by atoms with Gasteiger partial charge in [0.2, 0.25) is 0 Å². The second-order valence-corrected chi connectivity index (χ2v) is 1.98. The van der Waals surface area contributed by atoms with Gasteiger partial charge in [-0.15, -0.1) is 0 Å². The van der Waals surface area contributed by atoms with E-state index in [1.165, 1.54) is 6.42 Å². The van der Waals surface area contributed by atoms with Crippen molar-refractivity contribution in [3.63, 3.8) is 0 Å². The Morgan fingerprint density at radius 1 is 1.75 bits per heavy atom. The van der Waals surface area contributed by atoms with E-state index in [1.54, 1.807) is 0 Å². The molecule has 1 nitrogen and oxygen atoms in total. The molecule has 1 atom stereocenters. The molecule has 42 valence electrons. The summed E-state index contributed by atoms with van der Waals surface area (Å²) >= 11 is 0. The minimum Gasteiger partial charge on any atom is -0.0953 e. The average molecular weight is 108 g/mol. The van der Waals surface area contributed by atoms with Gasteiger partial charge >= 0.3 is 0 Å². The van der Waals surface area contributed by atoms with Crippen LogP contribution in [0.2, 0.25) is 0 Å². The fourth-order valence-electron chi connectivity index (χ4n) is 0.807. The predicted octanol–water partition coefficient (Wildman–Crippen LogP) is 2.06. The molecule has 0 saturated carbocycles. The average Bonchev–Trinajstić information content (AvgIpc) is 1.90. The first-order valence-corrected chi connectivity index (χ1v) is 2.99. The summed E-state index contributed by atoms with van der Waals surface area (Å²) in [5, 5.41) is 0. The molecule has 1 rings (SSSR count). The second kappa shape index (κ2) is 2.52. The Morgan fingerprint density at radius 2 is 2.62 bits per heavy atom. The van der Waals surface area contributed by atoms with E-state index in [0.717, 1.165) is 12.8 Å². The van der Waals surface area contributed by atoms with E-state index < -0.39 is 0 Å². The molecular formula is C7H10N+. The van der Waals surface area contributed by atoms with Crippen molar-refractivity contribution >= 4 is 0 Å². The zero-order chi connectivity index (χ0) is 5.82. The zero-order valence-corrected chi connectivity index (χ0v) is 4.93. The van der Waals surface area contributed by atoms with Gasteiger partial charge in [-0.1, -0.05) is 11.4 Å². The lowest BCUT2D eigenvalue weighted by Crippen LogP contribution is -1.98. The summed E-state index contributed by atoms with van der Waals surface area (Å²) < 4.78 is 0. The van der Waals surface area contributed by atoms with E-state index >= 15 is 0 Å². The molecule has 0 aromatic heterocycles. The molecule has 0 bridgehead atoms. The summed E-state index contributed by atoms with van der Waals surface area (Å²) in [5.74, 6) is 0. The highest BCUT2D eigenvalue weighted by molar-refractivity contribution is 5.04. The largest absolute Gasteiger partial charge is 0.290 e. The molecule has 0 aliphatic carbocycles. The Kier molecular flexibility index (Phi) is 1.69. The Hall–Kier alpha value is -0.770. The van der Waals surface area contributed by atoms with Crippen molar-refractivity contribution in [2.75, 3.05) is 0 Å². The minimum atomic E-state index is 0.365. The van der Waals surface area contributed by atoms with E-state index in [0.29, 0.717) is 6.04 Å². The lowest BCUT2D eigenvalue weighted by atomic mass is 10.1. The van der Waals surface area contributed by atoms with Crippen LogP contribution < -0.4 is 0 Å². The van der Waals surface area contributed by atoms with Crippen LogP contribution in [0.25, 0.3) is 4.85 Å². The third-order valence-electron chi connectivity index (χ3n) is 1.32. The zero-order valence-electron chi connectivity index (χ0n) is 4.93. The first-order valence-electron chi connectivity index (χ1n) is 2.99. The van der Waals surface area contributed by atoms with Crippen LogP contribution in [0.5, 0.6) is 0 Å². The summed E-state index contributed by atoms with van der Waals surface area (Å²) in [6.45, 7) is 3.65. The molecule has 0 saturated heterocycles. The van der Waals surface area contributed by atoms with Crippen molar-refractivity contribution in [1.29, 1.82) is 0 Å². The monoisotopic (exact) mass is 108 g/mol. The van der Waals surface area contributed by atoms with Crippen LogP contribution in [0.4, 0.5) is 0 Å². The molecule has 1 aliphatic heterocycles. The molecule has 0 N–H and O–H groups in total.